The van der Waals surface area contributed by atoms with Gasteiger partial charge in [0.2, 0.25) is 0 Å². The Hall–Kier alpha value is -2.34. The third-order valence-corrected chi connectivity index (χ3v) is 5.90. The molecule has 2 aromatic heterocycles. The Morgan fingerprint density at radius 3 is 3.00 bits per heavy atom. The van der Waals surface area contributed by atoms with Gasteiger partial charge in [0.15, 0.2) is 5.82 Å². The Morgan fingerprint density at radius 2 is 2.20 bits per heavy atom. The Labute approximate surface area is 150 Å². The first-order valence-electron chi connectivity index (χ1n) is 8.70. The van der Waals surface area contributed by atoms with Gasteiger partial charge < -0.3 is 14.8 Å². The summed E-state index contributed by atoms with van der Waals surface area (Å²) in [5, 5.41) is 4.33. The van der Waals surface area contributed by atoms with Crippen LogP contribution < -0.4 is 10.9 Å². The second-order valence-electron chi connectivity index (χ2n) is 6.51. The summed E-state index contributed by atoms with van der Waals surface area (Å²) < 4.78 is 2.87. The van der Waals surface area contributed by atoms with Crippen molar-refractivity contribution in [2.45, 2.75) is 19.3 Å². The van der Waals surface area contributed by atoms with Crippen molar-refractivity contribution in [3.8, 4) is 0 Å². The molecule has 1 N–H and O–H groups in total. The van der Waals surface area contributed by atoms with Gasteiger partial charge in [-0.3, -0.25) is 4.79 Å². The molecule has 130 valence electrons. The summed E-state index contributed by atoms with van der Waals surface area (Å²) in [7, 11) is 1.82. The van der Waals surface area contributed by atoms with Gasteiger partial charge in [0.25, 0.3) is 5.56 Å². The van der Waals surface area contributed by atoms with E-state index in [0.717, 1.165) is 52.9 Å². The molecule has 0 amide bonds. The van der Waals surface area contributed by atoms with Crippen molar-refractivity contribution in [1.29, 1.82) is 0 Å². The van der Waals surface area contributed by atoms with Crippen molar-refractivity contribution >= 4 is 37.6 Å². The zero-order valence-electron chi connectivity index (χ0n) is 14.4. The number of nitrogens with zero attached hydrogens (tertiary/aromatic N) is 3. The number of fused-ring (bicyclic) bond motifs is 3. The SMILES string of the molecule is C=C1CCCN1CCCNc1nc2sc3ccccc3c2n(C)c1=O. The first kappa shape index (κ1) is 16.1. The molecule has 1 aliphatic heterocycles. The van der Waals surface area contributed by atoms with E-state index in [-0.39, 0.29) is 5.56 Å². The number of nitrogens with one attached hydrogen (secondary N) is 1. The van der Waals surface area contributed by atoms with E-state index in [1.54, 1.807) is 15.9 Å². The van der Waals surface area contributed by atoms with Crippen LogP contribution in [0.25, 0.3) is 20.4 Å². The van der Waals surface area contributed by atoms with E-state index in [9.17, 15) is 4.79 Å². The summed E-state index contributed by atoms with van der Waals surface area (Å²) >= 11 is 1.63. The maximum Gasteiger partial charge on any atom is 0.293 e. The maximum atomic E-state index is 12.6. The van der Waals surface area contributed by atoms with Crippen molar-refractivity contribution in [2.75, 3.05) is 25.0 Å². The van der Waals surface area contributed by atoms with Gasteiger partial charge in [-0.15, -0.1) is 11.3 Å². The highest BCUT2D eigenvalue weighted by Crippen LogP contribution is 2.31. The van der Waals surface area contributed by atoms with Gasteiger partial charge >= 0.3 is 0 Å². The second-order valence-corrected chi connectivity index (χ2v) is 7.54. The number of aryl methyl sites for hydroxylation is 1. The maximum absolute atomic E-state index is 12.6. The Kier molecular flexibility index (Phi) is 4.21. The molecule has 3 heterocycles. The molecule has 1 aromatic carbocycles. The lowest BCUT2D eigenvalue weighted by molar-refractivity contribution is 0.391. The minimum Gasteiger partial charge on any atom is -0.375 e. The molecule has 1 aliphatic rings. The normalized spacial score (nSPS) is 14.8. The molecule has 5 nitrogen and oxygen atoms in total. The topological polar surface area (TPSA) is 50.2 Å². The molecule has 1 saturated heterocycles. The lowest BCUT2D eigenvalue weighted by Gasteiger charge is -2.19. The number of hydrogen-bond acceptors (Lipinski definition) is 5. The summed E-state index contributed by atoms with van der Waals surface area (Å²) in [5.74, 6) is 0.446. The molecule has 0 spiro atoms. The number of anilines is 1. The van der Waals surface area contributed by atoms with Crippen LogP contribution in [0.2, 0.25) is 0 Å². The molecule has 0 radical (unpaired) electrons. The molecular weight excluding hydrogens is 332 g/mol. The number of thiophene rings is 1. The second kappa shape index (κ2) is 6.52. The molecular formula is C19H22N4OS. The van der Waals surface area contributed by atoms with Gasteiger partial charge in [-0.25, -0.2) is 4.98 Å². The van der Waals surface area contributed by atoms with E-state index in [1.165, 1.54) is 12.1 Å². The molecule has 0 aliphatic carbocycles. The quantitative estimate of drug-likeness (QED) is 0.712. The number of hydrogen-bond donors (Lipinski definition) is 1. The van der Waals surface area contributed by atoms with E-state index in [4.69, 9.17) is 0 Å². The van der Waals surface area contributed by atoms with Crippen molar-refractivity contribution < 1.29 is 0 Å². The first-order valence-corrected chi connectivity index (χ1v) is 9.51. The van der Waals surface area contributed by atoms with Crippen LogP contribution in [0.1, 0.15) is 19.3 Å². The van der Waals surface area contributed by atoms with E-state index in [1.807, 2.05) is 25.2 Å². The molecule has 0 saturated carbocycles. The molecule has 0 atom stereocenters. The van der Waals surface area contributed by atoms with Gasteiger partial charge in [-0.05, 0) is 25.3 Å². The van der Waals surface area contributed by atoms with Crippen molar-refractivity contribution in [3.63, 3.8) is 0 Å². The predicted octanol–water partition coefficient (Wildman–Crippen LogP) is 3.56. The van der Waals surface area contributed by atoms with E-state index in [2.05, 4.69) is 27.8 Å². The zero-order valence-corrected chi connectivity index (χ0v) is 15.2. The van der Waals surface area contributed by atoms with E-state index in [0.29, 0.717) is 5.82 Å². The van der Waals surface area contributed by atoms with Gasteiger partial charge in [0.05, 0.1) is 5.52 Å². The van der Waals surface area contributed by atoms with Crippen LogP contribution >= 0.6 is 11.3 Å². The molecule has 25 heavy (non-hydrogen) atoms. The van der Waals surface area contributed by atoms with Crippen molar-refractivity contribution in [2.24, 2.45) is 7.05 Å². The van der Waals surface area contributed by atoms with Gasteiger partial charge in [0, 0.05) is 42.5 Å². The molecule has 4 rings (SSSR count). The fraction of sp³-hybridized carbons (Fsp3) is 0.368. The summed E-state index contributed by atoms with van der Waals surface area (Å²) in [5.41, 5.74) is 2.09. The monoisotopic (exact) mass is 354 g/mol. The summed E-state index contributed by atoms with van der Waals surface area (Å²) in [6.45, 7) is 6.92. The lowest BCUT2D eigenvalue weighted by Crippen LogP contribution is -2.25. The van der Waals surface area contributed by atoms with Crippen molar-refractivity contribution in [3.05, 3.63) is 46.9 Å². The van der Waals surface area contributed by atoms with Gasteiger partial charge in [0.1, 0.15) is 4.83 Å². The fourth-order valence-corrected chi connectivity index (χ4v) is 4.59. The molecule has 0 bridgehead atoms. The van der Waals surface area contributed by atoms with Gasteiger partial charge in [-0.1, -0.05) is 24.8 Å². The van der Waals surface area contributed by atoms with Crippen LogP contribution in [0.5, 0.6) is 0 Å². The van der Waals surface area contributed by atoms with Crippen LogP contribution in [0, 0.1) is 0 Å². The van der Waals surface area contributed by atoms with E-state index < -0.39 is 0 Å². The third kappa shape index (κ3) is 2.91. The number of rotatable bonds is 5. The summed E-state index contributed by atoms with van der Waals surface area (Å²) in [6, 6.07) is 8.13. The zero-order chi connectivity index (χ0) is 17.4. The highest BCUT2D eigenvalue weighted by atomic mass is 32.1. The average Bonchev–Trinajstić information content (AvgIpc) is 3.19. The third-order valence-electron chi connectivity index (χ3n) is 4.85. The first-order chi connectivity index (χ1) is 12.1. The Morgan fingerprint density at radius 1 is 1.36 bits per heavy atom. The predicted molar refractivity (Wildman–Crippen MR) is 105 cm³/mol. The average molecular weight is 354 g/mol. The van der Waals surface area contributed by atoms with Gasteiger partial charge in [-0.2, -0.15) is 0 Å². The molecule has 3 aromatic rings. The summed E-state index contributed by atoms with van der Waals surface area (Å²) in [6.07, 6.45) is 3.28. The Balaban J connectivity index is 1.53. The highest BCUT2D eigenvalue weighted by Gasteiger charge is 2.15. The number of allylic oxidation sites excluding steroid dienone is 1. The number of likely N-dealkylation sites (tertiary alicyclic amines) is 1. The van der Waals surface area contributed by atoms with Crippen molar-refractivity contribution in [1.82, 2.24) is 14.5 Å². The number of benzene rings is 1. The molecule has 1 fully saturated rings. The summed E-state index contributed by atoms with van der Waals surface area (Å²) in [4.78, 5) is 20.5. The van der Waals surface area contributed by atoms with Crippen LogP contribution in [-0.2, 0) is 7.05 Å². The largest absolute Gasteiger partial charge is 0.375 e. The van der Waals surface area contributed by atoms with E-state index >= 15 is 0 Å². The lowest BCUT2D eigenvalue weighted by atomic mass is 10.2. The fourth-order valence-electron chi connectivity index (χ4n) is 3.48. The molecule has 0 unspecified atom stereocenters. The highest BCUT2D eigenvalue weighted by molar-refractivity contribution is 7.25. The number of aromatic nitrogens is 2. The molecule has 6 heteroatoms. The van der Waals surface area contributed by atoms with Crippen LogP contribution in [0.4, 0.5) is 5.82 Å². The van der Waals surface area contributed by atoms with Crippen LogP contribution in [-0.4, -0.2) is 34.1 Å². The standard InChI is InChI=1S/C19H22N4OS/c1-13-7-5-11-23(13)12-6-10-20-17-19(24)22(2)16-14-8-3-4-9-15(14)25-18(16)21-17/h3-4,8-9H,1,5-7,10-12H2,2H3,(H,20,21). The minimum absolute atomic E-state index is 0.0679. The Bertz CT molecular complexity index is 1000. The van der Waals surface area contributed by atoms with Crippen LogP contribution in [0.3, 0.4) is 0 Å². The van der Waals surface area contributed by atoms with Crippen LogP contribution in [0.15, 0.2) is 41.3 Å². The minimum atomic E-state index is -0.0679. The smallest absolute Gasteiger partial charge is 0.293 e.